The lowest BCUT2D eigenvalue weighted by molar-refractivity contribution is 0.0377. The first-order chi connectivity index (χ1) is 14.1. The lowest BCUT2D eigenvalue weighted by atomic mass is 10.1. The van der Waals surface area contributed by atoms with Gasteiger partial charge in [-0.25, -0.2) is 0 Å². The molecule has 0 aromatic carbocycles. The second-order valence-corrected chi connectivity index (χ2v) is 8.57. The molecule has 2 saturated heterocycles. The fraction of sp³-hybridized carbons (Fsp3) is 0.773. The molecule has 0 saturated carbocycles. The molecule has 164 valence electrons. The van der Waals surface area contributed by atoms with E-state index in [-0.39, 0.29) is 0 Å². The summed E-state index contributed by atoms with van der Waals surface area (Å²) in [5.41, 5.74) is 0. The summed E-state index contributed by atoms with van der Waals surface area (Å²) in [5, 5.41) is 7.22. The lowest BCUT2D eigenvalue weighted by Gasteiger charge is -2.26. The molecular weight excluding hydrogens is 366 g/mol. The molecular formula is C22H39N5O2. The maximum absolute atomic E-state index is 5.45. The van der Waals surface area contributed by atoms with Gasteiger partial charge in [0.25, 0.3) is 0 Å². The molecule has 7 heteroatoms. The molecule has 0 amide bonds. The van der Waals surface area contributed by atoms with Gasteiger partial charge in [-0.2, -0.15) is 0 Å². The van der Waals surface area contributed by atoms with E-state index in [9.17, 15) is 0 Å². The molecule has 0 bridgehead atoms. The third-order valence-electron chi connectivity index (χ3n) is 5.94. The van der Waals surface area contributed by atoms with Gasteiger partial charge in [0.15, 0.2) is 5.96 Å². The van der Waals surface area contributed by atoms with Gasteiger partial charge in [-0.3, -0.25) is 14.8 Å². The number of morpholine rings is 1. The number of nitrogens with one attached hydrogen (secondary N) is 2. The Morgan fingerprint density at radius 3 is 2.79 bits per heavy atom. The Kier molecular flexibility index (Phi) is 8.83. The highest BCUT2D eigenvalue weighted by molar-refractivity contribution is 5.80. The van der Waals surface area contributed by atoms with E-state index in [4.69, 9.17) is 14.1 Å². The second-order valence-electron chi connectivity index (χ2n) is 8.57. The first-order valence-electron chi connectivity index (χ1n) is 11.2. The van der Waals surface area contributed by atoms with Crippen LogP contribution in [0.15, 0.2) is 27.8 Å². The minimum absolute atomic E-state index is 0.437. The second kappa shape index (κ2) is 11.6. The van der Waals surface area contributed by atoms with Crippen molar-refractivity contribution in [3.8, 4) is 0 Å². The van der Waals surface area contributed by atoms with Crippen molar-refractivity contribution in [3.63, 3.8) is 0 Å². The third kappa shape index (κ3) is 7.32. The van der Waals surface area contributed by atoms with Crippen molar-refractivity contribution < 1.29 is 9.15 Å². The molecule has 2 N–H and O–H groups in total. The van der Waals surface area contributed by atoms with Crippen molar-refractivity contribution in [2.75, 3.05) is 59.0 Å². The highest BCUT2D eigenvalue weighted by Crippen LogP contribution is 2.18. The van der Waals surface area contributed by atoms with E-state index in [0.29, 0.717) is 18.0 Å². The number of ether oxygens (including phenoxy) is 1. The fourth-order valence-electron chi connectivity index (χ4n) is 4.01. The van der Waals surface area contributed by atoms with Crippen LogP contribution in [0.4, 0.5) is 0 Å². The smallest absolute Gasteiger partial charge is 0.191 e. The van der Waals surface area contributed by atoms with Gasteiger partial charge < -0.3 is 19.8 Å². The van der Waals surface area contributed by atoms with E-state index < -0.39 is 0 Å². The van der Waals surface area contributed by atoms with Crippen molar-refractivity contribution in [1.29, 1.82) is 0 Å². The van der Waals surface area contributed by atoms with Crippen LogP contribution in [-0.4, -0.2) is 86.9 Å². The molecule has 2 unspecified atom stereocenters. The molecule has 1 aromatic rings. The van der Waals surface area contributed by atoms with Gasteiger partial charge in [0.2, 0.25) is 0 Å². The molecule has 2 aliphatic heterocycles. The summed E-state index contributed by atoms with van der Waals surface area (Å²) in [6.07, 6.45) is 3.66. The Morgan fingerprint density at radius 1 is 1.28 bits per heavy atom. The molecule has 3 heterocycles. The summed E-state index contributed by atoms with van der Waals surface area (Å²) < 4.78 is 10.9. The SMILES string of the molecule is CC1CN(C(C)C)CC1NC(=NCCCN1CCOCC1)NCCc1ccco1. The van der Waals surface area contributed by atoms with Gasteiger partial charge in [-0.05, 0) is 38.3 Å². The lowest BCUT2D eigenvalue weighted by Crippen LogP contribution is -2.47. The zero-order chi connectivity index (χ0) is 20.5. The summed E-state index contributed by atoms with van der Waals surface area (Å²) in [6.45, 7) is 15.6. The van der Waals surface area contributed by atoms with Crippen molar-refractivity contribution >= 4 is 5.96 Å². The Labute approximate surface area is 175 Å². The molecule has 29 heavy (non-hydrogen) atoms. The van der Waals surface area contributed by atoms with Crippen LogP contribution in [0, 0.1) is 5.92 Å². The van der Waals surface area contributed by atoms with Crippen LogP contribution in [0.2, 0.25) is 0 Å². The predicted molar refractivity (Wildman–Crippen MR) is 117 cm³/mol. The molecule has 0 radical (unpaired) electrons. The molecule has 1 aromatic heterocycles. The predicted octanol–water partition coefficient (Wildman–Crippen LogP) is 1.81. The normalized spacial score (nSPS) is 24.3. The summed E-state index contributed by atoms with van der Waals surface area (Å²) in [5.74, 6) is 2.55. The topological polar surface area (TPSA) is 65.3 Å². The van der Waals surface area contributed by atoms with Crippen LogP contribution >= 0.6 is 0 Å². The summed E-state index contributed by atoms with van der Waals surface area (Å²) in [4.78, 5) is 9.89. The monoisotopic (exact) mass is 405 g/mol. The van der Waals surface area contributed by atoms with Crippen LogP contribution < -0.4 is 10.6 Å². The van der Waals surface area contributed by atoms with Crippen molar-refractivity contribution in [2.24, 2.45) is 10.9 Å². The minimum atomic E-state index is 0.437. The number of aliphatic imine (C=N–C) groups is 1. The van der Waals surface area contributed by atoms with E-state index in [2.05, 4.69) is 41.2 Å². The number of rotatable bonds is 9. The number of likely N-dealkylation sites (tertiary alicyclic amines) is 1. The van der Waals surface area contributed by atoms with Crippen molar-refractivity contribution in [3.05, 3.63) is 24.2 Å². The zero-order valence-electron chi connectivity index (χ0n) is 18.4. The first-order valence-corrected chi connectivity index (χ1v) is 11.2. The van der Waals surface area contributed by atoms with E-state index in [0.717, 1.165) is 83.6 Å². The Morgan fingerprint density at radius 2 is 2.10 bits per heavy atom. The van der Waals surface area contributed by atoms with Crippen LogP contribution in [0.1, 0.15) is 33.0 Å². The van der Waals surface area contributed by atoms with E-state index >= 15 is 0 Å². The highest BCUT2D eigenvalue weighted by atomic mass is 16.5. The molecule has 0 spiro atoms. The number of hydrogen-bond donors (Lipinski definition) is 2. The van der Waals surface area contributed by atoms with Gasteiger partial charge in [-0.1, -0.05) is 6.92 Å². The number of furan rings is 1. The van der Waals surface area contributed by atoms with E-state index in [1.54, 1.807) is 6.26 Å². The number of guanidine groups is 1. The molecule has 2 fully saturated rings. The first kappa shape index (κ1) is 22.1. The molecule has 7 nitrogen and oxygen atoms in total. The maximum atomic E-state index is 5.45. The Balaban J connectivity index is 1.49. The summed E-state index contributed by atoms with van der Waals surface area (Å²) >= 11 is 0. The molecule has 2 aliphatic rings. The number of nitrogens with zero attached hydrogens (tertiary/aromatic N) is 3. The standard InChI is InChI=1S/C22H39N5O2/c1-18(2)27-16-19(3)21(17-27)25-22(24-9-7-20-6-4-13-29-20)23-8-5-10-26-11-14-28-15-12-26/h4,6,13,18-19,21H,5,7-12,14-17H2,1-3H3,(H2,23,24,25). The summed E-state index contributed by atoms with van der Waals surface area (Å²) in [6, 6.07) is 4.99. The third-order valence-corrected chi connectivity index (χ3v) is 5.94. The quantitative estimate of drug-likeness (QED) is 0.371. The average molecular weight is 406 g/mol. The number of hydrogen-bond acceptors (Lipinski definition) is 5. The largest absolute Gasteiger partial charge is 0.469 e. The van der Waals surface area contributed by atoms with E-state index in [1.807, 2.05) is 12.1 Å². The summed E-state index contributed by atoms with van der Waals surface area (Å²) in [7, 11) is 0. The molecule has 0 aliphatic carbocycles. The zero-order valence-corrected chi connectivity index (χ0v) is 18.4. The maximum Gasteiger partial charge on any atom is 0.191 e. The Bertz CT molecular complexity index is 598. The van der Waals surface area contributed by atoms with Crippen molar-refractivity contribution in [1.82, 2.24) is 20.4 Å². The minimum Gasteiger partial charge on any atom is -0.469 e. The fourth-order valence-corrected chi connectivity index (χ4v) is 4.01. The van der Waals surface area contributed by atoms with Gasteiger partial charge in [0, 0.05) is 64.3 Å². The van der Waals surface area contributed by atoms with Crippen LogP contribution in [-0.2, 0) is 11.2 Å². The highest BCUT2D eigenvalue weighted by Gasteiger charge is 2.31. The van der Waals surface area contributed by atoms with Gasteiger partial charge in [0.05, 0.1) is 19.5 Å². The van der Waals surface area contributed by atoms with Gasteiger partial charge in [-0.15, -0.1) is 0 Å². The van der Waals surface area contributed by atoms with E-state index in [1.165, 1.54) is 0 Å². The van der Waals surface area contributed by atoms with Crippen LogP contribution in [0.3, 0.4) is 0 Å². The average Bonchev–Trinajstić information content (AvgIpc) is 3.36. The van der Waals surface area contributed by atoms with Crippen LogP contribution in [0.25, 0.3) is 0 Å². The van der Waals surface area contributed by atoms with Gasteiger partial charge >= 0.3 is 0 Å². The molecule has 3 rings (SSSR count). The van der Waals surface area contributed by atoms with Gasteiger partial charge in [0.1, 0.15) is 5.76 Å². The Hall–Kier alpha value is -1.57. The van der Waals surface area contributed by atoms with Crippen LogP contribution in [0.5, 0.6) is 0 Å². The van der Waals surface area contributed by atoms with Crippen molar-refractivity contribution in [2.45, 2.75) is 45.7 Å². The molecule has 2 atom stereocenters.